The number of aliphatic carboxylic acids is 2. The first-order chi connectivity index (χ1) is 7.86. The number of piperidine rings is 1. The third-order valence-corrected chi connectivity index (χ3v) is 2.36. The Morgan fingerprint density at radius 2 is 1.59 bits per heavy atom. The number of aliphatic hydroxyl groups is 2. The van der Waals surface area contributed by atoms with E-state index in [4.69, 9.17) is 20.4 Å². The topological polar surface area (TPSA) is 127 Å². The van der Waals surface area contributed by atoms with E-state index in [1.165, 1.54) is 25.8 Å². The van der Waals surface area contributed by atoms with E-state index in [9.17, 15) is 9.59 Å². The smallest absolute Gasteiger partial charge is 0.335 e. The Hall–Kier alpha value is -1.18. The van der Waals surface area contributed by atoms with E-state index < -0.39 is 24.1 Å². The van der Waals surface area contributed by atoms with Gasteiger partial charge in [-0.15, -0.1) is 0 Å². The molecule has 1 aliphatic rings. The number of carboxylic acid groups (broad SMARTS) is 2. The maximum absolute atomic E-state index is 9.77. The molecule has 17 heavy (non-hydrogen) atoms. The molecule has 1 heterocycles. The van der Waals surface area contributed by atoms with Gasteiger partial charge >= 0.3 is 11.9 Å². The van der Waals surface area contributed by atoms with Crippen molar-refractivity contribution in [3.8, 4) is 0 Å². The second-order valence-corrected chi connectivity index (χ2v) is 3.92. The molecule has 3 atom stereocenters. The first kappa shape index (κ1) is 15.8. The van der Waals surface area contributed by atoms with Gasteiger partial charge in [-0.25, -0.2) is 9.59 Å². The van der Waals surface area contributed by atoms with Crippen LogP contribution in [0.5, 0.6) is 0 Å². The van der Waals surface area contributed by atoms with E-state index in [-0.39, 0.29) is 0 Å². The first-order valence-electron chi connectivity index (χ1n) is 5.41. The van der Waals surface area contributed by atoms with E-state index in [0.717, 1.165) is 6.04 Å². The summed E-state index contributed by atoms with van der Waals surface area (Å²) in [5, 5.41) is 35.9. The fourth-order valence-corrected chi connectivity index (χ4v) is 1.30. The molecule has 2 unspecified atom stereocenters. The molecule has 5 N–H and O–H groups in total. The third-order valence-electron chi connectivity index (χ3n) is 2.36. The number of hydrogen-bond acceptors (Lipinski definition) is 5. The Balaban J connectivity index is 0.000000318. The summed E-state index contributed by atoms with van der Waals surface area (Å²) in [5.41, 5.74) is 0. The number of aliphatic hydroxyl groups excluding tert-OH is 2. The molecule has 1 fully saturated rings. The zero-order valence-corrected chi connectivity index (χ0v) is 9.67. The lowest BCUT2D eigenvalue weighted by atomic mass is 10.1. The molecule has 0 radical (unpaired) electrons. The summed E-state index contributed by atoms with van der Waals surface area (Å²) in [6.45, 7) is 3.49. The van der Waals surface area contributed by atoms with Gasteiger partial charge in [0.2, 0.25) is 0 Å². The summed E-state index contributed by atoms with van der Waals surface area (Å²) < 4.78 is 0. The maximum Gasteiger partial charge on any atom is 0.335 e. The molecule has 1 rings (SSSR count). The molecule has 7 heteroatoms. The highest BCUT2D eigenvalue weighted by Gasteiger charge is 2.29. The molecule has 0 bridgehead atoms. The Labute approximate surface area is 99.1 Å². The normalized spacial score (nSPS) is 22.9. The van der Waals surface area contributed by atoms with Crippen LogP contribution in [-0.2, 0) is 9.59 Å². The van der Waals surface area contributed by atoms with Crippen LogP contribution in [0.25, 0.3) is 0 Å². The summed E-state index contributed by atoms with van der Waals surface area (Å²) in [6, 6.07) is 0.786. The van der Waals surface area contributed by atoms with E-state index >= 15 is 0 Å². The van der Waals surface area contributed by atoms with Crippen LogP contribution in [0.3, 0.4) is 0 Å². The molecule has 0 aromatic rings. The van der Waals surface area contributed by atoms with Gasteiger partial charge in [-0.2, -0.15) is 0 Å². The van der Waals surface area contributed by atoms with Crippen molar-refractivity contribution in [3.05, 3.63) is 0 Å². The van der Waals surface area contributed by atoms with Gasteiger partial charge in [0.1, 0.15) is 0 Å². The number of carboxylic acids is 2. The highest BCUT2D eigenvalue weighted by molar-refractivity contribution is 5.83. The SMILES string of the molecule is C[C@H]1CCCCN1.O=C(O)C(O)C(O)C(=O)O. The van der Waals surface area contributed by atoms with Crippen LogP contribution < -0.4 is 5.32 Å². The minimum atomic E-state index is -2.27. The van der Waals surface area contributed by atoms with Crippen LogP contribution >= 0.6 is 0 Å². The molecule has 0 saturated carbocycles. The third kappa shape index (κ3) is 6.88. The zero-order chi connectivity index (χ0) is 13.4. The monoisotopic (exact) mass is 249 g/mol. The van der Waals surface area contributed by atoms with Crippen LogP contribution in [0.2, 0.25) is 0 Å². The lowest BCUT2D eigenvalue weighted by Crippen LogP contribution is -2.39. The Kier molecular flexibility index (Phi) is 7.44. The predicted octanol–water partition coefficient (Wildman–Crippen LogP) is -0.974. The van der Waals surface area contributed by atoms with Crippen molar-refractivity contribution in [2.45, 2.75) is 44.4 Å². The molecular weight excluding hydrogens is 230 g/mol. The van der Waals surface area contributed by atoms with Crippen LogP contribution in [-0.4, -0.2) is 57.2 Å². The summed E-state index contributed by atoms with van der Waals surface area (Å²) in [4.78, 5) is 19.5. The van der Waals surface area contributed by atoms with Crippen molar-refractivity contribution in [2.75, 3.05) is 6.54 Å². The quantitative estimate of drug-likeness (QED) is 0.435. The largest absolute Gasteiger partial charge is 0.479 e. The van der Waals surface area contributed by atoms with E-state index in [1.54, 1.807) is 0 Å². The molecule has 0 aromatic heterocycles. The fourth-order valence-electron chi connectivity index (χ4n) is 1.30. The fraction of sp³-hybridized carbons (Fsp3) is 0.800. The molecule has 0 aromatic carbocycles. The Bertz CT molecular complexity index is 233. The second-order valence-electron chi connectivity index (χ2n) is 3.92. The molecule has 0 spiro atoms. The predicted molar refractivity (Wildman–Crippen MR) is 58.6 cm³/mol. The van der Waals surface area contributed by atoms with Gasteiger partial charge in [-0.3, -0.25) is 0 Å². The maximum atomic E-state index is 9.77. The molecule has 0 amide bonds. The highest BCUT2D eigenvalue weighted by atomic mass is 16.4. The first-order valence-corrected chi connectivity index (χ1v) is 5.41. The van der Waals surface area contributed by atoms with Crippen molar-refractivity contribution in [2.24, 2.45) is 0 Å². The van der Waals surface area contributed by atoms with Gasteiger partial charge in [0.05, 0.1) is 0 Å². The molecule has 100 valence electrons. The molecule has 1 saturated heterocycles. The average Bonchev–Trinajstić information content (AvgIpc) is 2.28. The minimum absolute atomic E-state index is 0.786. The minimum Gasteiger partial charge on any atom is -0.479 e. The van der Waals surface area contributed by atoms with Crippen LogP contribution in [0.1, 0.15) is 26.2 Å². The molecule has 1 aliphatic heterocycles. The molecule has 7 nitrogen and oxygen atoms in total. The Morgan fingerprint density at radius 3 is 1.76 bits per heavy atom. The van der Waals surface area contributed by atoms with Crippen LogP contribution in [0.4, 0.5) is 0 Å². The van der Waals surface area contributed by atoms with Crippen LogP contribution in [0.15, 0.2) is 0 Å². The lowest BCUT2D eigenvalue weighted by Gasteiger charge is -2.18. The van der Waals surface area contributed by atoms with Crippen LogP contribution in [0, 0.1) is 0 Å². The van der Waals surface area contributed by atoms with Crippen molar-refractivity contribution in [1.82, 2.24) is 5.32 Å². The second kappa shape index (κ2) is 7.99. The van der Waals surface area contributed by atoms with Crippen molar-refractivity contribution < 1.29 is 30.0 Å². The number of hydrogen-bond donors (Lipinski definition) is 5. The van der Waals surface area contributed by atoms with Crippen molar-refractivity contribution >= 4 is 11.9 Å². The van der Waals surface area contributed by atoms with Gasteiger partial charge in [0.25, 0.3) is 0 Å². The van der Waals surface area contributed by atoms with E-state index in [0.29, 0.717) is 0 Å². The average molecular weight is 249 g/mol. The summed E-state index contributed by atoms with van der Waals surface area (Å²) in [5.74, 6) is -3.54. The van der Waals surface area contributed by atoms with Gasteiger partial charge in [0, 0.05) is 6.04 Å². The lowest BCUT2D eigenvalue weighted by molar-refractivity contribution is -0.165. The standard InChI is InChI=1S/C6H13N.C4H6O6/c1-6-4-2-3-5-7-6;5-1(3(7)8)2(6)4(9)10/h6-7H,2-5H2,1H3;1-2,5-6H,(H,7,8)(H,9,10)/t6-;/m0./s1. The molecular formula is C10H19NO6. The van der Waals surface area contributed by atoms with Crippen molar-refractivity contribution in [1.29, 1.82) is 0 Å². The van der Waals surface area contributed by atoms with E-state index in [2.05, 4.69) is 12.2 Å². The number of rotatable bonds is 3. The van der Waals surface area contributed by atoms with Gasteiger partial charge in [-0.1, -0.05) is 6.42 Å². The Morgan fingerprint density at radius 1 is 1.12 bits per heavy atom. The number of nitrogens with one attached hydrogen (secondary N) is 1. The van der Waals surface area contributed by atoms with Crippen molar-refractivity contribution in [3.63, 3.8) is 0 Å². The van der Waals surface area contributed by atoms with Gasteiger partial charge < -0.3 is 25.7 Å². The summed E-state index contributed by atoms with van der Waals surface area (Å²) in [7, 11) is 0. The summed E-state index contributed by atoms with van der Waals surface area (Å²) >= 11 is 0. The number of carbonyl (C=O) groups is 2. The zero-order valence-electron chi connectivity index (χ0n) is 9.67. The molecule has 0 aliphatic carbocycles. The van der Waals surface area contributed by atoms with Gasteiger partial charge in [-0.05, 0) is 26.3 Å². The van der Waals surface area contributed by atoms with Gasteiger partial charge in [0.15, 0.2) is 12.2 Å². The van der Waals surface area contributed by atoms with E-state index in [1.807, 2.05) is 0 Å². The highest BCUT2D eigenvalue weighted by Crippen LogP contribution is 2.04. The summed E-state index contributed by atoms with van der Waals surface area (Å²) in [6.07, 6.45) is -0.353.